The highest BCUT2D eigenvalue weighted by atomic mass is 13.0. The second-order valence-electron chi connectivity index (χ2n) is 0. The fourth-order valence-electron chi connectivity index (χ4n) is 0. The first-order valence-corrected chi connectivity index (χ1v) is 2.00. The maximum atomic E-state index is 2.00. The van der Waals surface area contributed by atoms with Crippen molar-refractivity contribution in [2.45, 2.75) is 57.4 Å². The SMILES string of the molecule is C.C.C.C.CC.CC. The Labute approximate surface area is 58.3 Å². The summed E-state index contributed by atoms with van der Waals surface area (Å²) in [5.74, 6) is 0. The molecule has 0 aromatic heterocycles. The molecule has 0 saturated heterocycles. The highest BCUT2D eigenvalue weighted by Gasteiger charge is 0.934. The van der Waals surface area contributed by atoms with E-state index in [1.807, 2.05) is 27.7 Å². The van der Waals surface area contributed by atoms with Crippen LogP contribution in [-0.2, 0) is 0 Å². The molecule has 0 radical (unpaired) electrons. The molecule has 0 N–H and O–H groups in total. The van der Waals surface area contributed by atoms with Gasteiger partial charge in [-0.15, -0.1) is 0 Å². The molecule has 0 spiro atoms. The van der Waals surface area contributed by atoms with E-state index >= 15 is 0 Å². The molecule has 0 aromatic carbocycles. The number of hydrogen-bond donors (Lipinski definition) is 0. The Bertz CT molecular complexity index is 0. The van der Waals surface area contributed by atoms with Gasteiger partial charge in [0.15, 0.2) is 0 Å². The monoisotopic (exact) mass is 124 g/mol. The fraction of sp³-hybridized carbons (Fsp3) is 1.00. The van der Waals surface area contributed by atoms with Crippen molar-refractivity contribution in [2.75, 3.05) is 0 Å². The smallest absolute Gasteiger partial charge is 0.0683 e. The van der Waals surface area contributed by atoms with Crippen molar-refractivity contribution in [3.05, 3.63) is 0 Å². The van der Waals surface area contributed by atoms with Crippen molar-refractivity contribution in [3.63, 3.8) is 0 Å². The van der Waals surface area contributed by atoms with Crippen molar-refractivity contribution >= 4 is 0 Å². The van der Waals surface area contributed by atoms with Crippen LogP contribution in [0.3, 0.4) is 0 Å². The van der Waals surface area contributed by atoms with E-state index in [1.54, 1.807) is 0 Å². The van der Waals surface area contributed by atoms with Gasteiger partial charge in [-0.2, -0.15) is 0 Å². The maximum Gasteiger partial charge on any atom is -0.0683 e. The summed E-state index contributed by atoms with van der Waals surface area (Å²) >= 11 is 0. The van der Waals surface area contributed by atoms with Gasteiger partial charge in [0.2, 0.25) is 0 Å². The van der Waals surface area contributed by atoms with Gasteiger partial charge in [0.25, 0.3) is 0 Å². The molecule has 0 nitrogen and oxygen atoms in total. The predicted molar refractivity (Wildman–Crippen MR) is 49.6 cm³/mol. The molecule has 60 valence electrons. The van der Waals surface area contributed by atoms with E-state index in [2.05, 4.69) is 0 Å². The minimum atomic E-state index is 0. The Morgan fingerprint density at radius 1 is 0.375 bits per heavy atom. The van der Waals surface area contributed by atoms with Gasteiger partial charge in [-0.1, -0.05) is 57.4 Å². The van der Waals surface area contributed by atoms with E-state index in [1.165, 1.54) is 0 Å². The number of rotatable bonds is 0. The zero-order chi connectivity index (χ0) is 4.00. The van der Waals surface area contributed by atoms with Crippen LogP contribution >= 0.6 is 0 Å². The van der Waals surface area contributed by atoms with E-state index in [0.717, 1.165) is 0 Å². The number of hydrogen-bond acceptors (Lipinski definition) is 0. The molecule has 8 heavy (non-hydrogen) atoms. The van der Waals surface area contributed by atoms with Gasteiger partial charge in [-0.05, 0) is 0 Å². The molecule has 0 bridgehead atoms. The normalized spacial score (nSPS) is 1.50. The van der Waals surface area contributed by atoms with E-state index in [4.69, 9.17) is 0 Å². The third-order valence-electron chi connectivity index (χ3n) is 0. The average Bonchev–Trinajstić information content (AvgIpc) is 1.50. The molecule has 0 aliphatic carbocycles. The van der Waals surface area contributed by atoms with Gasteiger partial charge in [-0.3, -0.25) is 0 Å². The van der Waals surface area contributed by atoms with E-state index < -0.39 is 0 Å². The zero-order valence-electron chi connectivity index (χ0n) is 4.00. The Kier molecular flexibility index (Phi) is 0. The molecule has 0 aliphatic heterocycles. The molecule has 0 aliphatic rings. The molecule has 0 rings (SSSR count). The third kappa shape index (κ3) is 0. The molecular weight excluding hydrogens is 96.1 g/mol. The minimum Gasteiger partial charge on any atom is -0.0776 e. The van der Waals surface area contributed by atoms with Crippen LogP contribution in [0, 0.1) is 0 Å². The van der Waals surface area contributed by atoms with Crippen LogP contribution in [0.5, 0.6) is 0 Å². The van der Waals surface area contributed by atoms with Crippen molar-refractivity contribution in [2.24, 2.45) is 0 Å². The summed E-state index contributed by atoms with van der Waals surface area (Å²) in [6, 6.07) is 0. The van der Waals surface area contributed by atoms with Gasteiger partial charge in [-0.25, -0.2) is 0 Å². The Morgan fingerprint density at radius 3 is 0.375 bits per heavy atom. The summed E-state index contributed by atoms with van der Waals surface area (Å²) in [6.07, 6.45) is 0. The van der Waals surface area contributed by atoms with Gasteiger partial charge in [0, 0.05) is 0 Å². The van der Waals surface area contributed by atoms with E-state index in [9.17, 15) is 0 Å². The molecule has 0 unspecified atom stereocenters. The van der Waals surface area contributed by atoms with Crippen LogP contribution in [-0.4, -0.2) is 0 Å². The van der Waals surface area contributed by atoms with Gasteiger partial charge < -0.3 is 0 Å². The third-order valence-corrected chi connectivity index (χ3v) is 0. The second kappa shape index (κ2) is 0. The summed E-state index contributed by atoms with van der Waals surface area (Å²) < 4.78 is 0. The molecular formula is C8H28. The molecule has 0 atom stereocenters. The van der Waals surface area contributed by atoms with Gasteiger partial charge in [0.05, 0.1) is 0 Å². The standard InChI is InChI=1S/2C2H6.4CH4/c2*1-2;;;;/h2*1-2H3;4*1H4. The van der Waals surface area contributed by atoms with Crippen LogP contribution < -0.4 is 0 Å². The molecule has 0 heteroatoms. The minimum absolute atomic E-state index is 0. The first kappa shape index (κ1) is 98.0. The lowest BCUT2D eigenvalue weighted by atomic mass is 11.0. The summed E-state index contributed by atoms with van der Waals surface area (Å²) in [7, 11) is 0. The summed E-state index contributed by atoms with van der Waals surface area (Å²) in [5, 5.41) is 0. The lowest BCUT2D eigenvalue weighted by Gasteiger charge is -1.07. The highest BCUT2D eigenvalue weighted by molar-refractivity contribution is 3.51. The molecule has 0 heterocycles. The van der Waals surface area contributed by atoms with Crippen LogP contribution in [0.4, 0.5) is 0 Å². The zero-order valence-corrected chi connectivity index (χ0v) is 4.00. The summed E-state index contributed by atoms with van der Waals surface area (Å²) in [6.45, 7) is 8.00. The van der Waals surface area contributed by atoms with Crippen molar-refractivity contribution in [3.8, 4) is 0 Å². The highest BCUT2D eigenvalue weighted by Crippen LogP contribution is 1.15. The quantitative estimate of drug-likeness (QED) is 0.443. The fourth-order valence-corrected chi connectivity index (χ4v) is 0. The molecule has 0 aromatic rings. The van der Waals surface area contributed by atoms with Crippen molar-refractivity contribution in [1.29, 1.82) is 0 Å². The van der Waals surface area contributed by atoms with Crippen molar-refractivity contribution in [1.82, 2.24) is 0 Å². The van der Waals surface area contributed by atoms with Crippen LogP contribution in [0.15, 0.2) is 0 Å². The lowest BCUT2D eigenvalue weighted by Crippen LogP contribution is -0.856. The Morgan fingerprint density at radius 2 is 0.375 bits per heavy atom. The maximum absolute atomic E-state index is 2.00. The topological polar surface area (TPSA) is 0 Å². The van der Waals surface area contributed by atoms with Gasteiger partial charge >= 0.3 is 0 Å². The van der Waals surface area contributed by atoms with E-state index in [-0.39, 0.29) is 29.7 Å². The summed E-state index contributed by atoms with van der Waals surface area (Å²) in [5.41, 5.74) is 0. The first-order chi connectivity index (χ1) is 2.00. The van der Waals surface area contributed by atoms with Crippen LogP contribution in [0.2, 0.25) is 0 Å². The average molecular weight is 124 g/mol. The molecule has 0 saturated carbocycles. The van der Waals surface area contributed by atoms with Crippen LogP contribution in [0.1, 0.15) is 57.4 Å². The van der Waals surface area contributed by atoms with Crippen LogP contribution in [0.25, 0.3) is 0 Å². The molecule has 0 amide bonds. The second-order valence-corrected chi connectivity index (χ2v) is 0. The lowest BCUT2D eigenvalue weighted by molar-refractivity contribution is 1.50. The molecule has 0 fully saturated rings. The Hall–Kier alpha value is 0. The van der Waals surface area contributed by atoms with Gasteiger partial charge in [0.1, 0.15) is 0 Å². The van der Waals surface area contributed by atoms with Crippen molar-refractivity contribution < 1.29 is 0 Å². The van der Waals surface area contributed by atoms with E-state index in [0.29, 0.717) is 0 Å². The first-order valence-electron chi connectivity index (χ1n) is 2.00. The Balaban J connectivity index is -0.00000000167. The largest absolute Gasteiger partial charge is 0.0776 e. The summed E-state index contributed by atoms with van der Waals surface area (Å²) in [4.78, 5) is 0. The predicted octanol–water partition coefficient (Wildman–Crippen LogP) is 4.60.